The summed E-state index contributed by atoms with van der Waals surface area (Å²) in [6.45, 7) is -1.95. The molecular weight excluding hydrogens is 411 g/mol. The topological polar surface area (TPSA) is 49.9 Å². The molecule has 0 amide bonds. The molecule has 0 radical (unpaired) electrons. The Morgan fingerprint density at radius 3 is 2.60 bits per heavy atom. The van der Waals surface area contributed by atoms with E-state index in [1.54, 1.807) is 12.1 Å². The number of halogens is 3. The van der Waals surface area contributed by atoms with Crippen LogP contribution < -0.4 is 10.1 Å². The minimum atomic E-state index is -2.77. The molecule has 0 unspecified atom stereocenters. The van der Waals surface area contributed by atoms with Crippen LogP contribution >= 0.6 is 12.6 Å². The van der Waals surface area contributed by atoms with E-state index >= 15 is 0 Å². The molecule has 30 heavy (non-hydrogen) atoms. The number of benzene rings is 2. The van der Waals surface area contributed by atoms with Gasteiger partial charge in [-0.1, -0.05) is 18.2 Å². The Labute approximate surface area is 177 Å². The maximum absolute atomic E-state index is 13.1. The second kappa shape index (κ2) is 10.2. The molecule has 0 aliphatic carbocycles. The largest absolute Gasteiger partial charge is 0.435 e. The van der Waals surface area contributed by atoms with Gasteiger partial charge < -0.3 is 15.0 Å². The zero-order valence-corrected chi connectivity index (χ0v) is 17.0. The number of pyridine rings is 1. The Hall–Kier alpha value is -2.97. The normalized spacial score (nSPS) is 10.7. The van der Waals surface area contributed by atoms with Crippen molar-refractivity contribution in [3.8, 4) is 16.9 Å². The van der Waals surface area contributed by atoms with E-state index in [1.807, 2.05) is 31.4 Å². The van der Waals surface area contributed by atoms with Gasteiger partial charge in [0.15, 0.2) is 0 Å². The summed E-state index contributed by atoms with van der Waals surface area (Å²) in [7, 11) is 1.92. The van der Waals surface area contributed by atoms with E-state index in [-0.39, 0.29) is 5.75 Å². The van der Waals surface area contributed by atoms with Gasteiger partial charge in [-0.15, -0.1) is 12.6 Å². The van der Waals surface area contributed by atoms with Crippen LogP contribution in [-0.4, -0.2) is 23.6 Å². The second-order valence-corrected chi connectivity index (χ2v) is 6.86. The fraction of sp³-hybridized carbons (Fsp3) is 0.136. The average Bonchev–Trinajstić information content (AvgIpc) is 3.10. The van der Waals surface area contributed by atoms with Crippen molar-refractivity contribution in [2.24, 2.45) is 0 Å². The van der Waals surface area contributed by atoms with Gasteiger partial charge in [-0.3, -0.25) is 0 Å². The third-order valence-corrected chi connectivity index (χ3v) is 4.52. The van der Waals surface area contributed by atoms with Gasteiger partial charge in [-0.2, -0.15) is 13.2 Å². The number of nitrogens with one attached hydrogen (secondary N) is 2. The van der Waals surface area contributed by atoms with E-state index in [9.17, 15) is 13.2 Å². The summed E-state index contributed by atoms with van der Waals surface area (Å²) >= 11 is 3.95. The first-order valence-electron chi connectivity index (χ1n) is 9.06. The highest BCUT2D eigenvalue weighted by Gasteiger charge is 2.06. The van der Waals surface area contributed by atoms with Gasteiger partial charge >= 0.3 is 6.61 Å². The number of aromatic amines is 1. The van der Waals surface area contributed by atoms with Crippen LogP contribution in [0.25, 0.3) is 22.0 Å². The molecule has 0 spiro atoms. The lowest BCUT2D eigenvalue weighted by molar-refractivity contribution is -0.0499. The molecule has 8 heteroatoms. The number of rotatable bonds is 5. The summed E-state index contributed by atoms with van der Waals surface area (Å²) in [4.78, 5) is 7.42. The van der Waals surface area contributed by atoms with Gasteiger partial charge in [0, 0.05) is 40.8 Å². The lowest BCUT2D eigenvalue weighted by Gasteiger charge is -2.03. The molecule has 2 aromatic heterocycles. The summed E-state index contributed by atoms with van der Waals surface area (Å²) in [6, 6.07) is 15.5. The first-order valence-corrected chi connectivity index (χ1v) is 9.51. The van der Waals surface area contributed by atoms with Crippen LogP contribution in [0.4, 0.5) is 13.2 Å². The van der Waals surface area contributed by atoms with Gasteiger partial charge in [-0.05, 0) is 54.1 Å². The molecular formula is C22H20F3N3OS. The monoisotopic (exact) mass is 431 g/mol. The molecule has 4 nitrogen and oxygen atoms in total. The molecule has 0 saturated carbocycles. The Morgan fingerprint density at radius 2 is 1.90 bits per heavy atom. The lowest BCUT2D eigenvalue weighted by Crippen LogP contribution is -2.03. The van der Waals surface area contributed by atoms with E-state index in [2.05, 4.69) is 38.7 Å². The summed E-state index contributed by atoms with van der Waals surface area (Å²) in [5.41, 5.74) is 4.09. The summed E-state index contributed by atoms with van der Waals surface area (Å²) in [5.74, 6) is -0.326. The Kier molecular flexibility index (Phi) is 7.37. The minimum absolute atomic E-state index is 0.132. The fourth-order valence-electron chi connectivity index (χ4n) is 2.94. The number of fused-ring (bicyclic) bond motifs is 1. The van der Waals surface area contributed by atoms with Crippen molar-refractivity contribution in [2.75, 3.05) is 7.05 Å². The van der Waals surface area contributed by atoms with Gasteiger partial charge in [0.2, 0.25) is 5.95 Å². The van der Waals surface area contributed by atoms with Crippen molar-refractivity contribution < 1.29 is 17.9 Å². The van der Waals surface area contributed by atoms with Crippen LogP contribution in [-0.2, 0) is 6.54 Å². The van der Waals surface area contributed by atoms with Crippen LogP contribution in [0.1, 0.15) is 5.56 Å². The molecule has 2 N–H and O–H groups in total. The average molecular weight is 431 g/mol. The van der Waals surface area contributed by atoms with Crippen molar-refractivity contribution in [1.29, 1.82) is 0 Å². The quantitative estimate of drug-likeness (QED) is 0.282. The van der Waals surface area contributed by atoms with Crippen LogP contribution in [0.15, 0.2) is 71.9 Å². The SMILES string of the molecule is CNCc1c[nH]c2cc(-c3ccnc(F)c3)ccc12.FC(F)Oc1cccc(S)c1. The summed E-state index contributed by atoms with van der Waals surface area (Å²) in [5, 5.41) is 4.33. The fourth-order valence-corrected chi connectivity index (χ4v) is 3.16. The van der Waals surface area contributed by atoms with Crippen molar-refractivity contribution in [3.05, 3.63) is 78.5 Å². The van der Waals surface area contributed by atoms with Crippen LogP contribution in [0.3, 0.4) is 0 Å². The highest BCUT2D eigenvalue weighted by atomic mass is 32.1. The predicted octanol–water partition coefficient (Wildman–Crippen LogP) is 5.67. The Morgan fingerprint density at radius 1 is 1.10 bits per heavy atom. The predicted molar refractivity (Wildman–Crippen MR) is 115 cm³/mol. The summed E-state index contributed by atoms with van der Waals surface area (Å²) < 4.78 is 40.5. The summed E-state index contributed by atoms with van der Waals surface area (Å²) in [6.07, 6.45) is 3.48. The third kappa shape index (κ3) is 5.77. The number of alkyl halides is 2. The number of ether oxygens (including phenoxy) is 1. The molecule has 2 aromatic carbocycles. The van der Waals surface area contributed by atoms with E-state index < -0.39 is 12.6 Å². The smallest absolute Gasteiger partial charge is 0.387 e. The molecule has 0 saturated heterocycles. The highest BCUT2D eigenvalue weighted by molar-refractivity contribution is 7.80. The van der Waals surface area contributed by atoms with Crippen molar-refractivity contribution >= 4 is 23.5 Å². The second-order valence-electron chi connectivity index (χ2n) is 6.35. The molecule has 156 valence electrons. The van der Waals surface area contributed by atoms with Gasteiger partial charge in [0.25, 0.3) is 0 Å². The number of nitrogens with zero attached hydrogens (tertiary/aromatic N) is 1. The number of hydrogen-bond donors (Lipinski definition) is 3. The number of aromatic nitrogens is 2. The van der Waals surface area contributed by atoms with Crippen molar-refractivity contribution in [1.82, 2.24) is 15.3 Å². The zero-order chi connectivity index (χ0) is 21.5. The maximum Gasteiger partial charge on any atom is 0.387 e. The first-order chi connectivity index (χ1) is 14.5. The highest BCUT2D eigenvalue weighted by Crippen LogP contribution is 2.26. The molecule has 0 bridgehead atoms. The number of thiol groups is 1. The lowest BCUT2D eigenvalue weighted by atomic mass is 10.0. The molecule has 0 fully saturated rings. The molecule has 2 heterocycles. The van der Waals surface area contributed by atoms with Gasteiger partial charge in [0.1, 0.15) is 5.75 Å². The van der Waals surface area contributed by atoms with Crippen molar-refractivity contribution in [3.63, 3.8) is 0 Å². The number of hydrogen-bond acceptors (Lipinski definition) is 4. The molecule has 0 aliphatic rings. The maximum atomic E-state index is 13.1. The standard InChI is InChI=1S/C15H14FN3.C7H6F2OS/c1-17-8-12-9-19-14-6-10(2-3-13(12)14)11-4-5-18-15(16)7-11;8-7(9)10-5-2-1-3-6(11)4-5/h2-7,9,17,19H,8H2,1H3;1-4,7,11H. The van der Waals surface area contributed by atoms with Crippen LogP contribution in [0, 0.1) is 5.95 Å². The van der Waals surface area contributed by atoms with E-state index in [4.69, 9.17) is 0 Å². The zero-order valence-electron chi connectivity index (χ0n) is 16.1. The number of H-pyrrole nitrogens is 1. The molecule has 4 aromatic rings. The third-order valence-electron chi connectivity index (χ3n) is 4.24. The Bertz CT molecular complexity index is 1120. The molecule has 0 atom stereocenters. The minimum Gasteiger partial charge on any atom is -0.435 e. The van der Waals surface area contributed by atoms with E-state index in [0.717, 1.165) is 23.2 Å². The Balaban J connectivity index is 0.000000199. The van der Waals surface area contributed by atoms with Gasteiger partial charge in [0.05, 0.1) is 0 Å². The van der Waals surface area contributed by atoms with E-state index in [0.29, 0.717) is 4.90 Å². The molecule has 4 rings (SSSR count). The van der Waals surface area contributed by atoms with Crippen LogP contribution in [0.5, 0.6) is 5.75 Å². The van der Waals surface area contributed by atoms with Crippen molar-refractivity contribution in [2.45, 2.75) is 18.1 Å². The van der Waals surface area contributed by atoms with Crippen LogP contribution in [0.2, 0.25) is 0 Å². The van der Waals surface area contributed by atoms with Gasteiger partial charge in [-0.25, -0.2) is 4.98 Å². The first kappa shape index (κ1) is 21.7. The molecule has 0 aliphatic heterocycles. The van der Waals surface area contributed by atoms with E-state index in [1.165, 1.54) is 35.3 Å².